The molecule has 1 N–H and O–H groups in total. The molecule has 1 aromatic heterocycles. The van der Waals surface area contributed by atoms with Crippen LogP contribution in [0.2, 0.25) is 5.02 Å². The van der Waals surface area contributed by atoms with E-state index in [9.17, 15) is 4.79 Å². The first-order chi connectivity index (χ1) is 18.5. The molecule has 0 aliphatic rings. The number of halogens is 3. The van der Waals surface area contributed by atoms with E-state index in [0.29, 0.717) is 22.9 Å². The predicted octanol–water partition coefficient (Wildman–Crippen LogP) is 8.27. The number of para-hydroxylation sites is 1. The van der Waals surface area contributed by atoms with Crippen molar-refractivity contribution >= 4 is 73.1 Å². The number of nitrogens with one attached hydrogen (secondary N) is 1. The number of rotatable bonds is 7. The second-order valence-electron chi connectivity index (χ2n) is 8.33. The van der Waals surface area contributed by atoms with Crippen LogP contribution in [0.25, 0.3) is 22.2 Å². The van der Waals surface area contributed by atoms with Gasteiger partial charge in [0.1, 0.15) is 12.4 Å². The maximum Gasteiger partial charge on any atom is 0.272 e. The Balaban J connectivity index is 1.33. The minimum Gasteiger partial charge on any atom is -0.487 e. The molecular weight excluding hydrogens is 677 g/mol. The van der Waals surface area contributed by atoms with Crippen LogP contribution in [0.1, 0.15) is 21.5 Å². The number of ether oxygens (including phenoxy) is 1. The Hall–Kier alpha value is -3.27. The third-order valence-electron chi connectivity index (χ3n) is 5.76. The van der Waals surface area contributed by atoms with Crippen LogP contribution in [0.15, 0.2) is 107 Å². The van der Waals surface area contributed by atoms with E-state index in [1.165, 1.54) is 0 Å². The Morgan fingerprint density at radius 1 is 1.00 bits per heavy atom. The quantitative estimate of drug-likeness (QED) is 0.106. The molecule has 0 aliphatic heterocycles. The topological polar surface area (TPSA) is 63.6 Å². The Morgan fingerprint density at radius 2 is 1.74 bits per heavy atom. The van der Waals surface area contributed by atoms with Crippen molar-refractivity contribution in [3.63, 3.8) is 0 Å². The van der Waals surface area contributed by atoms with Crippen molar-refractivity contribution in [2.75, 3.05) is 0 Å². The van der Waals surface area contributed by atoms with E-state index in [1.807, 2.05) is 91.0 Å². The summed E-state index contributed by atoms with van der Waals surface area (Å²) in [5.74, 6) is 0.397. The Morgan fingerprint density at radius 3 is 2.53 bits per heavy atom. The first-order valence-electron chi connectivity index (χ1n) is 11.6. The number of hydrazone groups is 1. The lowest BCUT2D eigenvalue weighted by Crippen LogP contribution is -2.18. The van der Waals surface area contributed by atoms with Gasteiger partial charge in [-0.2, -0.15) is 5.10 Å². The van der Waals surface area contributed by atoms with Gasteiger partial charge in [0.25, 0.3) is 5.91 Å². The van der Waals surface area contributed by atoms with Crippen LogP contribution in [0, 0.1) is 3.57 Å². The monoisotopic (exact) mass is 695 g/mol. The van der Waals surface area contributed by atoms with Crippen molar-refractivity contribution in [2.45, 2.75) is 6.61 Å². The molecule has 188 valence electrons. The summed E-state index contributed by atoms with van der Waals surface area (Å²) >= 11 is 12.0. The van der Waals surface area contributed by atoms with Crippen LogP contribution in [0.3, 0.4) is 0 Å². The van der Waals surface area contributed by atoms with Crippen LogP contribution in [-0.2, 0) is 6.61 Å². The fraction of sp³-hybridized carbons (Fsp3) is 0.0333. The first kappa shape index (κ1) is 26.3. The van der Waals surface area contributed by atoms with Crippen molar-refractivity contribution in [2.24, 2.45) is 5.10 Å². The maximum absolute atomic E-state index is 13.2. The van der Waals surface area contributed by atoms with Gasteiger partial charge in [-0.05, 0) is 74.4 Å². The zero-order valence-electron chi connectivity index (χ0n) is 19.9. The van der Waals surface area contributed by atoms with Gasteiger partial charge in [-0.25, -0.2) is 10.4 Å². The number of hydrogen-bond acceptors (Lipinski definition) is 4. The first-order valence-corrected chi connectivity index (χ1v) is 13.9. The molecule has 0 aliphatic carbocycles. The van der Waals surface area contributed by atoms with Crippen molar-refractivity contribution in [1.82, 2.24) is 10.4 Å². The maximum atomic E-state index is 13.2. The molecule has 0 atom stereocenters. The van der Waals surface area contributed by atoms with Crippen LogP contribution >= 0.6 is 50.1 Å². The molecule has 0 radical (unpaired) electrons. The normalized spacial score (nSPS) is 11.1. The van der Waals surface area contributed by atoms with E-state index < -0.39 is 0 Å². The molecule has 0 saturated heterocycles. The third-order valence-corrected chi connectivity index (χ3v) is 7.52. The van der Waals surface area contributed by atoms with Gasteiger partial charge in [-0.1, -0.05) is 78.3 Å². The minimum atomic E-state index is -0.314. The van der Waals surface area contributed by atoms with Gasteiger partial charge in [-0.15, -0.1) is 0 Å². The highest BCUT2D eigenvalue weighted by atomic mass is 127. The summed E-state index contributed by atoms with van der Waals surface area (Å²) in [5.41, 5.74) is 7.29. The molecule has 38 heavy (non-hydrogen) atoms. The van der Waals surface area contributed by atoms with E-state index in [2.05, 4.69) is 49.0 Å². The van der Waals surface area contributed by atoms with Crippen molar-refractivity contribution in [1.29, 1.82) is 0 Å². The lowest BCUT2D eigenvalue weighted by molar-refractivity contribution is 0.0956. The van der Waals surface area contributed by atoms with E-state index in [0.717, 1.165) is 41.3 Å². The summed E-state index contributed by atoms with van der Waals surface area (Å²) in [7, 11) is 0. The van der Waals surface area contributed by atoms with Gasteiger partial charge in [0, 0.05) is 21.5 Å². The molecule has 0 spiro atoms. The number of hydrogen-bond donors (Lipinski definition) is 1. The minimum absolute atomic E-state index is 0.314. The van der Waals surface area contributed by atoms with Crippen molar-refractivity contribution in [3.05, 3.63) is 127 Å². The summed E-state index contributed by atoms with van der Waals surface area (Å²) in [5, 5.41) is 5.64. The van der Waals surface area contributed by atoms with Gasteiger partial charge in [0.15, 0.2) is 0 Å². The Kier molecular flexibility index (Phi) is 8.36. The van der Waals surface area contributed by atoms with Crippen LogP contribution in [-0.4, -0.2) is 17.1 Å². The molecule has 4 aromatic carbocycles. The number of carbonyl (C=O) groups is 1. The summed E-state index contributed by atoms with van der Waals surface area (Å²) < 4.78 is 7.69. The Bertz CT molecular complexity index is 1640. The molecule has 1 amide bonds. The molecular formula is C30H20BrClIN3O2. The average Bonchev–Trinajstić information content (AvgIpc) is 2.93. The van der Waals surface area contributed by atoms with Gasteiger partial charge in [0.05, 0.1) is 31.0 Å². The largest absolute Gasteiger partial charge is 0.487 e. The van der Waals surface area contributed by atoms with Crippen molar-refractivity contribution < 1.29 is 9.53 Å². The molecule has 5 nitrogen and oxygen atoms in total. The molecule has 0 unspecified atom stereocenters. The zero-order chi connectivity index (χ0) is 26.5. The molecule has 1 heterocycles. The molecule has 5 aromatic rings. The van der Waals surface area contributed by atoms with E-state index >= 15 is 0 Å². The number of fused-ring (bicyclic) bond motifs is 1. The molecule has 0 bridgehead atoms. The summed E-state index contributed by atoms with van der Waals surface area (Å²) in [6, 6.07) is 30.6. The van der Waals surface area contributed by atoms with Gasteiger partial charge in [-0.3, -0.25) is 4.79 Å². The number of benzene rings is 4. The van der Waals surface area contributed by atoms with Crippen LogP contribution < -0.4 is 10.2 Å². The van der Waals surface area contributed by atoms with Gasteiger partial charge in [0.2, 0.25) is 0 Å². The van der Waals surface area contributed by atoms with E-state index in [-0.39, 0.29) is 5.91 Å². The lowest BCUT2D eigenvalue weighted by atomic mass is 10.0. The molecule has 0 fully saturated rings. The number of nitrogens with zero attached hydrogens (tertiary/aromatic N) is 2. The van der Waals surface area contributed by atoms with E-state index in [1.54, 1.807) is 12.3 Å². The van der Waals surface area contributed by atoms with Gasteiger partial charge >= 0.3 is 0 Å². The van der Waals surface area contributed by atoms with E-state index in [4.69, 9.17) is 21.3 Å². The Labute approximate surface area is 247 Å². The average molecular weight is 697 g/mol. The van der Waals surface area contributed by atoms with Crippen LogP contribution in [0.5, 0.6) is 5.75 Å². The number of amides is 1. The highest BCUT2D eigenvalue weighted by Gasteiger charge is 2.14. The zero-order valence-corrected chi connectivity index (χ0v) is 24.4. The molecule has 8 heteroatoms. The fourth-order valence-corrected chi connectivity index (χ4v) is 5.86. The fourth-order valence-electron chi connectivity index (χ4n) is 3.90. The second-order valence-corrected chi connectivity index (χ2v) is 10.8. The molecule has 5 rings (SSSR count). The standard InChI is InChI=1S/C30H20BrClIN3O2/c31-24-14-19(15-26(33)29(24)38-18-21-10-4-6-12-25(21)32)17-34-36-30(37)23-16-28(20-8-2-1-3-9-20)35-27-13-7-5-11-22(23)27/h1-17H,18H2,(H,36,37)/b34-17+. The summed E-state index contributed by atoms with van der Waals surface area (Å²) in [6.45, 7) is 0.350. The predicted molar refractivity (Wildman–Crippen MR) is 165 cm³/mol. The third kappa shape index (κ3) is 6.06. The van der Waals surface area contributed by atoms with Crippen LogP contribution in [0.4, 0.5) is 0 Å². The molecule has 0 saturated carbocycles. The highest BCUT2D eigenvalue weighted by Crippen LogP contribution is 2.33. The number of aromatic nitrogens is 1. The number of pyridine rings is 1. The summed E-state index contributed by atoms with van der Waals surface area (Å²) in [4.78, 5) is 17.9. The van der Waals surface area contributed by atoms with Crippen molar-refractivity contribution in [3.8, 4) is 17.0 Å². The number of carbonyl (C=O) groups excluding carboxylic acids is 1. The highest BCUT2D eigenvalue weighted by molar-refractivity contribution is 14.1. The smallest absolute Gasteiger partial charge is 0.272 e. The summed E-state index contributed by atoms with van der Waals surface area (Å²) in [6.07, 6.45) is 1.60. The second kappa shape index (κ2) is 12.1. The SMILES string of the molecule is O=C(N/N=C/c1cc(Br)c(OCc2ccccc2Cl)c(I)c1)c1cc(-c2ccccc2)nc2ccccc12. The lowest BCUT2D eigenvalue weighted by Gasteiger charge is -2.12. The van der Waals surface area contributed by atoms with Gasteiger partial charge < -0.3 is 4.74 Å².